The third-order valence-corrected chi connectivity index (χ3v) is 14.5. The molecule has 0 aliphatic carbocycles. The molecule has 0 radical (unpaired) electrons. The fraction of sp³-hybridized carbons (Fsp3) is 1.00. The molecule has 22 N–H and O–H groups in total. The molecular formula is C42H72O35. The molecule has 35 heteroatoms. The van der Waals surface area contributed by atoms with Crippen LogP contribution in [0.5, 0.6) is 0 Å². The van der Waals surface area contributed by atoms with Gasteiger partial charge in [-0.05, 0) is 6.92 Å². The zero-order chi connectivity index (χ0) is 56.6. The van der Waals surface area contributed by atoms with Gasteiger partial charge in [-0.25, -0.2) is 0 Å². The fourth-order valence-corrected chi connectivity index (χ4v) is 9.90. The SMILES string of the molecule is C[C@@H]1O[C@@H](O[C@@H]2[C@H](O)[C@H](O[C@H]3[C@H](O)[C@H](O)[C@H](O[C@@H]4[C@H](O)[C@@H](O)[C@@H](O[C@H]5[C@@H](O)[C@@H](CO)O[C@@H](O)[C@@H]5O[C@H]5O[C@H](CO)[C@@H](O)[C@H](O)[C@H]5O)O[C@@H]4CO)O[C@@H]3CO)O[C@H](CO)[C@H]2O)[C@H](O[C@H]2O[C@H](CO)[C@H](O)[C@H](O)[C@H]2O)[C@H](O)[C@H]1O. The van der Waals surface area contributed by atoms with Gasteiger partial charge in [0, 0.05) is 0 Å². The first-order valence-electron chi connectivity index (χ1n) is 24.5. The molecule has 35 atom stereocenters. The summed E-state index contributed by atoms with van der Waals surface area (Å²) in [7, 11) is 0. The number of rotatable bonds is 18. The van der Waals surface area contributed by atoms with Gasteiger partial charge in [-0.15, -0.1) is 0 Å². The molecule has 7 aliphatic heterocycles. The Morgan fingerprint density at radius 2 is 0.532 bits per heavy atom. The molecule has 7 aliphatic rings. The van der Waals surface area contributed by atoms with Gasteiger partial charge in [0.15, 0.2) is 44.0 Å². The van der Waals surface area contributed by atoms with E-state index in [1.165, 1.54) is 6.92 Å². The predicted molar refractivity (Wildman–Crippen MR) is 230 cm³/mol. The van der Waals surface area contributed by atoms with Gasteiger partial charge in [0.05, 0.1) is 45.7 Å². The predicted octanol–water partition coefficient (Wildman–Crippen LogP) is -15.2. The van der Waals surface area contributed by atoms with Crippen LogP contribution in [0.4, 0.5) is 0 Å². The van der Waals surface area contributed by atoms with Crippen molar-refractivity contribution in [1.82, 2.24) is 0 Å². The molecular weight excluding hydrogens is 1060 g/mol. The van der Waals surface area contributed by atoms with Crippen molar-refractivity contribution in [2.24, 2.45) is 0 Å². The molecule has 0 bridgehead atoms. The first kappa shape index (κ1) is 63.2. The van der Waals surface area contributed by atoms with Crippen LogP contribution in [0.3, 0.4) is 0 Å². The van der Waals surface area contributed by atoms with Gasteiger partial charge in [-0.3, -0.25) is 0 Å². The van der Waals surface area contributed by atoms with Crippen LogP contribution in [-0.2, 0) is 61.6 Å². The van der Waals surface area contributed by atoms with Crippen molar-refractivity contribution >= 4 is 0 Å². The molecule has 0 aromatic carbocycles. The molecule has 7 saturated heterocycles. The largest absolute Gasteiger partial charge is 0.394 e. The van der Waals surface area contributed by atoms with Crippen molar-refractivity contribution in [2.75, 3.05) is 39.6 Å². The lowest BCUT2D eigenvalue weighted by molar-refractivity contribution is -0.403. The number of hydrogen-bond donors (Lipinski definition) is 22. The van der Waals surface area contributed by atoms with Gasteiger partial charge in [0.1, 0.15) is 165 Å². The molecule has 0 aromatic heterocycles. The lowest BCUT2D eigenvalue weighted by Crippen LogP contribution is -2.68. The third kappa shape index (κ3) is 12.9. The summed E-state index contributed by atoms with van der Waals surface area (Å²) in [4.78, 5) is 0. The molecule has 0 spiro atoms. The minimum absolute atomic E-state index is 0.877. The second-order valence-electron chi connectivity index (χ2n) is 19.5. The molecule has 7 fully saturated rings. The summed E-state index contributed by atoms with van der Waals surface area (Å²) in [5.74, 6) is 0. The van der Waals surface area contributed by atoms with Crippen LogP contribution >= 0.6 is 0 Å². The summed E-state index contributed by atoms with van der Waals surface area (Å²) < 4.78 is 72.9. The van der Waals surface area contributed by atoms with Crippen LogP contribution in [0.15, 0.2) is 0 Å². The summed E-state index contributed by atoms with van der Waals surface area (Å²) in [6, 6.07) is 0. The van der Waals surface area contributed by atoms with Crippen LogP contribution < -0.4 is 0 Å². The third-order valence-electron chi connectivity index (χ3n) is 14.5. The van der Waals surface area contributed by atoms with Crippen LogP contribution in [0.1, 0.15) is 6.92 Å². The first-order chi connectivity index (χ1) is 36.5. The van der Waals surface area contributed by atoms with Gasteiger partial charge < -0.3 is 174 Å². The van der Waals surface area contributed by atoms with E-state index >= 15 is 0 Å². The topological polar surface area (TPSA) is 565 Å². The minimum atomic E-state index is -2.26. The number of aliphatic hydroxyl groups is 22. The first-order valence-corrected chi connectivity index (χ1v) is 24.5. The van der Waals surface area contributed by atoms with Crippen LogP contribution in [0.25, 0.3) is 0 Å². The second-order valence-corrected chi connectivity index (χ2v) is 19.5. The molecule has 450 valence electrons. The van der Waals surface area contributed by atoms with E-state index in [4.69, 9.17) is 61.6 Å². The lowest BCUT2D eigenvalue weighted by atomic mass is 9.95. The van der Waals surface area contributed by atoms with Gasteiger partial charge in [-0.2, -0.15) is 0 Å². The van der Waals surface area contributed by atoms with Crippen LogP contribution in [-0.4, -0.2) is 367 Å². The van der Waals surface area contributed by atoms with E-state index < -0.39 is 255 Å². The van der Waals surface area contributed by atoms with Crippen molar-refractivity contribution in [3.8, 4) is 0 Å². The van der Waals surface area contributed by atoms with E-state index in [-0.39, 0.29) is 0 Å². The molecule has 77 heavy (non-hydrogen) atoms. The minimum Gasteiger partial charge on any atom is -0.394 e. The molecule has 7 rings (SSSR count). The highest BCUT2D eigenvalue weighted by Crippen LogP contribution is 2.38. The zero-order valence-corrected chi connectivity index (χ0v) is 40.6. The van der Waals surface area contributed by atoms with Crippen molar-refractivity contribution in [3.05, 3.63) is 0 Å². The van der Waals surface area contributed by atoms with E-state index in [1.54, 1.807) is 0 Å². The Hall–Kier alpha value is -1.40. The van der Waals surface area contributed by atoms with Crippen molar-refractivity contribution in [2.45, 2.75) is 222 Å². The maximum atomic E-state index is 11.6. The summed E-state index contributed by atoms with van der Waals surface area (Å²) in [6.07, 6.45) is -67.6. The van der Waals surface area contributed by atoms with E-state index in [0.29, 0.717) is 0 Å². The molecule has 0 aromatic rings. The van der Waals surface area contributed by atoms with E-state index in [1.807, 2.05) is 0 Å². The summed E-state index contributed by atoms with van der Waals surface area (Å²) in [5, 5.41) is 234. The van der Waals surface area contributed by atoms with Gasteiger partial charge in [-0.1, -0.05) is 0 Å². The highest BCUT2D eigenvalue weighted by atomic mass is 16.8. The quantitative estimate of drug-likeness (QED) is 0.0606. The Morgan fingerprint density at radius 3 is 0.961 bits per heavy atom. The summed E-state index contributed by atoms with van der Waals surface area (Å²) >= 11 is 0. The maximum Gasteiger partial charge on any atom is 0.187 e. The Kier molecular flexibility index (Phi) is 22.1. The standard InChI is InChI=1S/C42H72O35/c1-8-15(49)22(56)34(76-37-25(59)20(54)16(50)9(2-43)67-37)42(65-8)74-32-18(52)12(5-46)69-41(29(32)63)73-31-14(7-48)70-39(27(61)23(31)57)72-30-13(6-47)71-40(28(62)24(30)58)75-33-19(53)11(4-45)66-36(64)35(33)77-38-26(60)21(55)17(51)10(3-44)68-38/h8-64H,2-7H2,1H3/t8-,9+,10+,11+,12+,13+,14+,15-,16-,17+,18+,19-,20-,21-,22+,23+,24+,25+,26+,27-,28+,29-,30-,31+,32-,33-,34+,35+,36+,37+,38+,39-,40+,41-,42-/m0/s1. The van der Waals surface area contributed by atoms with E-state index in [0.717, 1.165) is 0 Å². The second kappa shape index (κ2) is 26.9. The average Bonchev–Trinajstić information content (AvgIpc) is 3.43. The highest BCUT2D eigenvalue weighted by molar-refractivity contribution is 5.01. The Morgan fingerprint density at radius 1 is 0.234 bits per heavy atom. The van der Waals surface area contributed by atoms with Gasteiger partial charge >= 0.3 is 0 Å². The molecule has 0 saturated carbocycles. The van der Waals surface area contributed by atoms with Gasteiger partial charge in [0.25, 0.3) is 0 Å². The highest BCUT2D eigenvalue weighted by Gasteiger charge is 2.58. The molecule has 35 nitrogen and oxygen atoms in total. The number of aliphatic hydroxyl groups excluding tert-OH is 22. The van der Waals surface area contributed by atoms with Crippen molar-refractivity contribution in [3.63, 3.8) is 0 Å². The Balaban J connectivity index is 1.02. The number of hydrogen-bond acceptors (Lipinski definition) is 35. The van der Waals surface area contributed by atoms with E-state index in [2.05, 4.69) is 0 Å². The monoisotopic (exact) mass is 1140 g/mol. The Labute approximate surface area is 435 Å². The summed E-state index contributed by atoms with van der Waals surface area (Å²) in [6.45, 7) is -4.62. The van der Waals surface area contributed by atoms with Crippen molar-refractivity contribution < 1.29 is 174 Å². The van der Waals surface area contributed by atoms with Gasteiger partial charge in [0.2, 0.25) is 0 Å². The lowest BCUT2D eigenvalue weighted by Gasteiger charge is -2.50. The molecule has 0 amide bonds. The average molecular weight is 1140 g/mol. The summed E-state index contributed by atoms with van der Waals surface area (Å²) in [5.41, 5.74) is 0. The molecule has 0 unspecified atom stereocenters. The number of ether oxygens (including phenoxy) is 13. The smallest absolute Gasteiger partial charge is 0.187 e. The Bertz CT molecular complexity index is 1790. The van der Waals surface area contributed by atoms with E-state index in [9.17, 15) is 112 Å². The van der Waals surface area contributed by atoms with Crippen LogP contribution in [0.2, 0.25) is 0 Å². The van der Waals surface area contributed by atoms with Crippen LogP contribution in [0, 0.1) is 0 Å². The normalized spacial score (nSPS) is 54.0. The van der Waals surface area contributed by atoms with Crippen molar-refractivity contribution in [1.29, 1.82) is 0 Å². The fourth-order valence-electron chi connectivity index (χ4n) is 9.90. The maximum absolute atomic E-state index is 11.6. The zero-order valence-electron chi connectivity index (χ0n) is 40.6. The molecule has 7 heterocycles.